The number of hydrogen-bond acceptors (Lipinski definition) is 7. The van der Waals surface area contributed by atoms with E-state index in [1.54, 1.807) is 43.3 Å². The quantitative estimate of drug-likeness (QED) is 0.714. The molecule has 0 aliphatic carbocycles. The summed E-state index contributed by atoms with van der Waals surface area (Å²) >= 11 is 0. The summed E-state index contributed by atoms with van der Waals surface area (Å²) in [7, 11) is 2.04. The van der Waals surface area contributed by atoms with Gasteiger partial charge in [-0.2, -0.15) is 10.4 Å². The SMILES string of the molecule is Cc1cc(-c2cncc(Oc3cnn(C(C)(C)C#N)c3)n2)cc2c1CC(N)N(C)C2. The molecular weight excluding hydrogens is 378 g/mol. The Hall–Kier alpha value is -3.28. The minimum absolute atomic E-state index is 0.0468. The maximum absolute atomic E-state index is 9.26. The Morgan fingerprint density at radius 2 is 2.07 bits per heavy atom. The van der Waals surface area contributed by atoms with Crippen molar-refractivity contribution >= 4 is 0 Å². The number of hydrogen-bond donors (Lipinski definition) is 1. The smallest absolute Gasteiger partial charge is 0.238 e. The maximum Gasteiger partial charge on any atom is 0.238 e. The molecule has 8 heteroatoms. The lowest BCUT2D eigenvalue weighted by Crippen LogP contribution is -2.44. The van der Waals surface area contributed by atoms with Gasteiger partial charge >= 0.3 is 0 Å². The van der Waals surface area contributed by atoms with Crippen molar-refractivity contribution in [3.63, 3.8) is 0 Å². The number of aromatic nitrogens is 4. The Morgan fingerprint density at radius 3 is 2.83 bits per heavy atom. The van der Waals surface area contributed by atoms with Crippen molar-refractivity contribution in [1.82, 2.24) is 24.6 Å². The van der Waals surface area contributed by atoms with Gasteiger partial charge in [0.05, 0.1) is 42.7 Å². The predicted octanol–water partition coefficient (Wildman–Crippen LogP) is 2.97. The van der Waals surface area contributed by atoms with E-state index in [9.17, 15) is 5.26 Å². The summed E-state index contributed by atoms with van der Waals surface area (Å²) in [4.78, 5) is 11.1. The van der Waals surface area contributed by atoms with E-state index in [1.807, 2.05) is 7.05 Å². The predicted molar refractivity (Wildman–Crippen MR) is 113 cm³/mol. The zero-order chi connectivity index (χ0) is 21.5. The molecule has 154 valence electrons. The standard InChI is InChI=1S/C22H25N7O/c1-14-5-15(6-16-11-28(4)20(24)7-18(14)16)19-9-25-10-21(27-19)30-17-8-26-29(12-17)22(2,3)13-23/h5-6,8-10,12,20H,7,11,24H2,1-4H3. The van der Waals surface area contributed by atoms with Gasteiger partial charge in [0.25, 0.3) is 0 Å². The lowest BCUT2D eigenvalue weighted by Gasteiger charge is -2.32. The fourth-order valence-electron chi connectivity index (χ4n) is 3.60. The Morgan fingerprint density at radius 1 is 1.27 bits per heavy atom. The highest BCUT2D eigenvalue weighted by Crippen LogP contribution is 2.30. The van der Waals surface area contributed by atoms with E-state index < -0.39 is 5.54 Å². The van der Waals surface area contributed by atoms with Crippen LogP contribution in [0.4, 0.5) is 0 Å². The lowest BCUT2D eigenvalue weighted by atomic mass is 9.91. The molecule has 0 amide bonds. The van der Waals surface area contributed by atoms with Gasteiger partial charge < -0.3 is 10.5 Å². The van der Waals surface area contributed by atoms with Crippen LogP contribution in [0.25, 0.3) is 11.3 Å². The van der Waals surface area contributed by atoms with Gasteiger partial charge in [-0.25, -0.2) is 9.67 Å². The van der Waals surface area contributed by atoms with Crippen LogP contribution in [0.3, 0.4) is 0 Å². The summed E-state index contributed by atoms with van der Waals surface area (Å²) in [6.45, 7) is 6.49. The molecule has 2 aromatic heterocycles. The van der Waals surface area contributed by atoms with Crippen LogP contribution in [0.1, 0.15) is 30.5 Å². The van der Waals surface area contributed by atoms with E-state index in [-0.39, 0.29) is 6.17 Å². The van der Waals surface area contributed by atoms with Crippen LogP contribution >= 0.6 is 0 Å². The zero-order valence-corrected chi connectivity index (χ0v) is 17.6. The van der Waals surface area contributed by atoms with Crippen LogP contribution < -0.4 is 10.5 Å². The molecule has 0 spiro atoms. The third-order valence-electron chi connectivity index (χ3n) is 5.50. The van der Waals surface area contributed by atoms with Gasteiger partial charge in [0.2, 0.25) is 5.88 Å². The monoisotopic (exact) mass is 403 g/mol. The van der Waals surface area contributed by atoms with Crippen LogP contribution in [-0.2, 0) is 18.5 Å². The molecule has 0 fully saturated rings. The zero-order valence-electron chi connectivity index (χ0n) is 17.6. The topological polar surface area (TPSA) is 106 Å². The van der Waals surface area contributed by atoms with E-state index in [1.165, 1.54) is 16.7 Å². The Kier molecular flexibility index (Phi) is 5.02. The lowest BCUT2D eigenvalue weighted by molar-refractivity contribution is 0.220. The normalized spacial score (nSPS) is 16.7. The van der Waals surface area contributed by atoms with Gasteiger partial charge in [0, 0.05) is 18.5 Å². The first-order chi connectivity index (χ1) is 14.3. The number of likely N-dealkylation sites (N-methyl/N-ethyl adjacent to an activating group) is 1. The Labute approximate surface area is 175 Å². The first kappa shape index (κ1) is 20.0. The number of nitrogens with zero attached hydrogens (tertiary/aromatic N) is 6. The second-order valence-electron chi connectivity index (χ2n) is 8.25. The maximum atomic E-state index is 9.26. The van der Waals surface area contributed by atoms with Crippen molar-refractivity contribution in [2.75, 3.05) is 7.05 Å². The molecule has 0 saturated heterocycles. The largest absolute Gasteiger partial charge is 0.434 e. The van der Waals surface area contributed by atoms with Crippen LogP contribution in [0, 0.1) is 18.3 Å². The molecule has 3 aromatic rings. The fourth-order valence-corrected chi connectivity index (χ4v) is 3.60. The Balaban J connectivity index is 1.61. The molecule has 0 radical (unpaired) electrons. The number of aryl methyl sites for hydroxylation is 1. The average Bonchev–Trinajstić information content (AvgIpc) is 3.19. The molecule has 8 nitrogen and oxygen atoms in total. The van der Waals surface area contributed by atoms with Gasteiger partial charge in [-0.3, -0.25) is 9.88 Å². The molecule has 1 atom stereocenters. The van der Waals surface area contributed by atoms with E-state index in [4.69, 9.17) is 10.5 Å². The third-order valence-corrected chi connectivity index (χ3v) is 5.50. The summed E-state index contributed by atoms with van der Waals surface area (Å²) in [5.41, 5.74) is 11.0. The van der Waals surface area contributed by atoms with Crippen molar-refractivity contribution in [3.8, 4) is 29.0 Å². The second kappa shape index (κ2) is 7.52. The van der Waals surface area contributed by atoms with E-state index in [2.05, 4.69) is 45.1 Å². The van der Waals surface area contributed by atoms with Gasteiger partial charge in [0.1, 0.15) is 5.54 Å². The number of ether oxygens (including phenoxy) is 1. The van der Waals surface area contributed by atoms with Crippen LogP contribution in [0.5, 0.6) is 11.6 Å². The molecule has 3 heterocycles. The first-order valence-electron chi connectivity index (χ1n) is 9.82. The van der Waals surface area contributed by atoms with Gasteiger partial charge in [-0.05, 0) is 56.6 Å². The number of nitrogens with two attached hydrogens (primary N) is 1. The molecule has 1 aromatic carbocycles. The van der Waals surface area contributed by atoms with Gasteiger partial charge in [-0.1, -0.05) is 0 Å². The summed E-state index contributed by atoms with van der Waals surface area (Å²) in [5, 5.41) is 13.5. The highest BCUT2D eigenvalue weighted by molar-refractivity contribution is 5.63. The number of fused-ring (bicyclic) bond motifs is 1. The molecule has 2 N–H and O–H groups in total. The number of nitriles is 1. The molecule has 30 heavy (non-hydrogen) atoms. The highest BCUT2D eigenvalue weighted by atomic mass is 16.5. The van der Waals surface area contributed by atoms with Gasteiger partial charge in [-0.15, -0.1) is 0 Å². The van der Waals surface area contributed by atoms with Crippen LogP contribution in [0.2, 0.25) is 0 Å². The molecule has 0 bridgehead atoms. The van der Waals surface area contributed by atoms with Gasteiger partial charge in [0.15, 0.2) is 5.75 Å². The van der Waals surface area contributed by atoms with Crippen molar-refractivity contribution in [3.05, 3.63) is 53.6 Å². The van der Waals surface area contributed by atoms with E-state index >= 15 is 0 Å². The third kappa shape index (κ3) is 3.77. The fraction of sp³-hybridized carbons (Fsp3) is 0.364. The molecular formula is C22H25N7O. The van der Waals surface area contributed by atoms with E-state index in [0.717, 1.165) is 24.2 Å². The highest BCUT2D eigenvalue weighted by Gasteiger charge is 2.23. The van der Waals surface area contributed by atoms with E-state index in [0.29, 0.717) is 11.6 Å². The minimum Gasteiger partial charge on any atom is -0.434 e. The summed E-state index contributed by atoms with van der Waals surface area (Å²) in [6.07, 6.45) is 7.43. The number of rotatable bonds is 4. The van der Waals surface area contributed by atoms with Crippen molar-refractivity contribution in [2.45, 2.75) is 45.4 Å². The number of benzene rings is 1. The second-order valence-corrected chi connectivity index (χ2v) is 8.25. The minimum atomic E-state index is -0.758. The molecule has 0 saturated carbocycles. The molecule has 4 rings (SSSR count). The van der Waals surface area contributed by atoms with Crippen molar-refractivity contribution < 1.29 is 4.74 Å². The first-order valence-corrected chi connectivity index (χ1v) is 9.82. The molecule has 1 aliphatic rings. The van der Waals surface area contributed by atoms with Crippen LogP contribution in [0.15, 0.2) is 36.9 Å². The van der Waals surface area contributed by atoms with Crippen molar-refractivity contribution in [2.24, 2.45) is 5.73 Å². The van der Waals surface area contributed by atoms with Crippen LogP contribution in [-0.4, -0.2) is 37.9 Å². The summed E-state index contributed by atoms with van der Waals surface area (Å²) in [6, 6.07) is 6.49. The molecule has 1 aliphatic heterocycles. The summed E-state index contributed by atoms with van der Waals surface area (Å²) in [5.74, 6) is 0.873. The molecule has 1 unspecified atom stereocenters. The average molecular weight is 403 g/mol. The Bertz CT molecular complexity index is 1130. The van der Waals surface area contributed by atoms with Crippen molar-refractivity contribution in [1.29, 1.82) is 5.26 Å². The summed E-state index contributed by atoms with van der Waals surface area (Å²) < 4.78 is 7.41.